The fourth-order valence-corrected chi connectivity index (χ4v) is 1.65. The van der Waals surface area contributed by atoms with Crippen LogP contribution in [0.1, 0.15) is 22.8 Å². The van der Waals surface area contributed by atoms with Gasteiger partial charge in [-0.3, -0.25) is 4.79 Å². The van der Waals surface area contributed by atoms with Crippen molar-refractivity contribution in [2.45, 2.75) is 6.92 Å². The topological polar surface area (TPSA) is 69.9 Å². The number of ketones is 1. The molecule has 0 spiro atoms. The van der Waals surface area contributed by atoms with E-state index in [0.717, 1.165) is 0 Å². The van der Waals surface area contributed by atoms with Crippen LogP contribution in [-0.4, -0.2) is 21.8 Å². The van der Waals surface area contributed by atoms with Gasteiger partial charge in [0.05, 0.1) is 11.3 Å². The number of aliphatic hydroxyl groups excluding tert-OH is 1. The third-order valence-corrected chi connectivity index (χ3v) is 2.40. The third-order valence-electron chi connectivity index (χ3n) is 2.40. The second kappa shape index (κ2) is 3.24. The van der Waals surface area contributed by atoms with Crippen LogP contribution >= 0.6 is 0 Å². The number of aliphatic hydroxyl groups is 1. The van der Waals surface area contributed by atoms with Gasteiger partial charge in [0.25, 0.3) is 0 Å². The second-order valence-electron chi connectivity index (χ2n) is 3.28. The van der Waals surface area contributed by atoms with E-state index in [9.17, 15) is 9.90 Å². The van der Waals surface area contributed by atoms with Gasteiger partial charge < -0.3 is 10.3 Å². The molecule has 0 unspecified atom stereocenters. The number of hydrogen-bond acceptors (Lipinski definition) is 4. The van der Waals surface area contributed by atoms with Gasteiger partial charge in [0.2, 0.25) is 0 Å². The summed E-state index contributed by atoms with van der Waals surface area (Å²) in [4.78, 5) is 11.8. The van der Waals surface area contributed by atoms with Crippen molar-refractivity contribution < 1.29 is 15.1 Å². The van der Waals surface area contributed by atoms with Crippen molar-refractivity contribution in [2.24, 2.45) is 5.16 Å². The zero-order chi connectivity index (χ0) is 11.0. The highest BCUT2D eigenvalue weighted by molar-refractivity contribution is 6.34. The van der Waals surface area contributed by atoms with Gasteiger partial charge in [-0.15, -0.1) is 0 Å². The molecule has 1 aliphatic carbocycles. The van der Waals surface area contributed by atoms with E-state index in [1.54, 1.807) is 24.3 Å². The molecule has 1 aliphatic rings. The normalized spacial score (nSPS) is 15.8. The molecule has 0 bridgehead atoms. The molecule has 0 aromatic heterocycles. The molecule has 1 aromatic carbocycles. The molecule has 0 aliphatic heterocycles. The molecule has 1 aromatic rings. The second-order valence-corrected chi connectivity index (χ2v) is 3.28. The van der Waals surface area contributed by atoms with Gasteiger partial charge >= 0.3 is 0 Å². The minimum atomic E-state index is -0.307. The smallest absolute Gasteiger partial charge is 0.199 e. The molecule has 0 amide bonds. The number of Topliss-reactive ketones (excluding diaryl/α,β-unsaturated/α-hetero) is 1. The monoisotopic (exact) mass is 203 g/mol. The number of nitrogens with zero attached hydrogens (tertiary/aromatic N) is 1. The highest BCUT2D eigenvalue weighted by Gasteiger charge is 2.30. The van der Waals surface area contributed by atoms with Gasteiger partial charge in [0.1, 0.15) is 5.76 Å². The van der Waals surface area contributed by atoms with Crippen molar-refractivity contribution >= 4 is 17.3 Å². The Balaban J connectivity index is 2.65. The van der Waals surface area contributed by atoms with Crippen molar-refractivity contribution in [3.63, 3.8) is 0 Å². The van der Waals surface area contributed by atoms with Crippen molar-refractivity contribution in [1.29, 1.82) is 0 Å². The Labute approximate surface area is 86.2 Å². The first-order valence-electron chi connectivity index (χ1n) is 4.43. The van der Waals surface area contributed by atoms with Crippen molar-refractivity contribution in [2.75, 3.05) is 0 Å². The molecule has 2 rings (SSSR count). The Morgan fingerprint density at radius 3 is 2.40 bits per heavy atom. The summed E-state index contributed by atoms with van der Waals surface area (Å²) in [6, 6.07) is 6.74. The Kier molecular flexibility index (Phi) is 2.04. The average Bonchev–Trinajstić information content (AvgIpc) is 2.52. The SMILES string of the molecule is C/C(=N\O)C1=C(O)c2ccccc2C1=O. The van der Waals surface area contributed by atoms with Crippen LogP contribution in [0.5, 0.6) is 0 Å². The minimum Gasteiger partial charge on any atom is -0.506 e. The summed E-state index contributed by atoms with van der Waals surface area (Å²) in [5.74, 6) is -0.427. The summed E-state index contributed by atoms with van der Waals surface area (Å²) >= 11 is 0. The minimum absolute atomic E-state index is 0.0682. The number of oxime groups is 1. The van der Waals surface area contributed by atoms with Gasteiger partial charge in [0.15, 0.2) is 5.78 Å². The van der Waals surface area contributed by atoms with Gasteiger partial charge in [0, 0.05) is 11.1 Å². The molecule has 4 heteroatoms. The summed E-state index contributed by atoms with van der Waals surface area (Å²) in [6.07, 6.45) is 0. The predicted molar refractivity (Wildman–Crippen MR) is 55.2 cm³/mol. The molecule has 0 heterocycles. The fourth-order valence-electron chi connectivity index (χ4n) is 1.65. The number of rotatable bonds is 1. The highest BCUT2D eigenvalue weighted by atomic mass is 16.4. The Bertz CT molecular complexity index is 500. The zero-order valence-electron chi connectivity index (χ0n) is 8.06. The maximum atomic E-state index is 11.8. The lowest BCUT2D eigenvalue weighted by Gasteiger charge is -1.97. The first-order chi connectivity index (χ1) is 7.16. The average molecular weight is 203 g/mol. The lowest BCUT2D eigenvalue weighted by molar-refractivity contribution is 0.104. The van der Waals surface area contributed by atoms with E-state index in [0.29, 0.717) is 11.1 Å². The van der Waals surface area contributed by atoms with Crippen LogP contribution in [-0.2, 0) is 0 Å². The van der Waals surface area contributed by atoms with Gasteiger partial charge in [-0.2, -0.15) is 0 Å². The molecule has 0 fully saturated rings. The van der Waals surface area contributed by atoms with E-state index in [1.165, 1.54) is 6.92 Å². The first kappa shape index (κ1) is 9.45. The summed E-state index contributed by atoms with van der Waals surface area (Å²) < 4.78 is 0. The molecule has 76 valence electrons. The quantitative estimate of drug-likeness (QED) is 0.416. The summed E-state index contributed by atoms with van der Waals surface area (Å²) in [7, 11) is 0. The largest absolute Gasteiger partial charge is 0.506 e. The van der Waals surface area contributed by atoms with E-state index in [4.69, 9.17) is 5.21 Å². The predicted octanol–water partition coefficient (Wildman–Crippen LogP) is 2.00. The Hall–Kier alpha value is -2.10. The van der Waals surface area contributed by atoms with E-state index in [-0.39, 0.29) is 22.8 Å². The Morgan fingerprint density at radius 2 is 1.87 bits per heavy atom. The summed E-state index contributed by atoms with van der Waals surface area (Å²) in [6.45, 7) is 1.47. The van der Waals surface area contributed by atoms with Gasteiger partial charge in [-0.05, 0) is 6.92 Å². The lowest BCUT2D eigenvalue weighted by atomic mass is 10.1. The van der Waals surface area contributed by atoms with E-state index >= 15 is 0 Å². The van der Waals surface area contributed by atoms with Crippen LogP contribution < -0.4 is 0 Å². The molecule has 4 nitrogen and oxygen atoms in total. The fraction of sp³-hybridized carbons (Fsp3) is 0.0909. The van der Waals surface area contributed by atoms with Crippen LogP contribution in [0.4, 0.5) is 0 Å². The molecule has 2 N–H and O–H groups in total. The maximum absolute atomic E-state index is 11.8. The van der Waals surface area contributed by atoms with Crippen LogP contribution in [0.2, 0.25) is 0 Å². The highest BCUT2D eigenvalue weighted by Crippen LogP contribution is 2.31. The Morgan fingerprint density at radius 1 is 1.27 bits per heavy atom. The summed E-state index contributed by atoms with van der Waals surface area (Å²) in [5.41, 5.74) is 1.11. The van der Waals surface area contributed by atoms with E-state index < -0.39 is 0 Å². The van der Waals surface area contributed by atoms with Crippen LogP contribution in [0, 0.1) is 0 Å². The standard InChI is InChI=1S/C11H9NO3/c1-6(12-15)9-10(13)7-4-2-3-5-8(7)11(9)14/h2-5,13,15H,1H3/b12-6+. The van der Waals surface area contributed by atoms with Gasteiger partial charge in [-0.1, -0.05) is 29.4 Å². The summed E-state index contributed by atoms with van der Waals surface area (Å²) in [5, 5.41) is 21.3. The number of benzene rings is 1. The number of carbonyl (C=O) groups excluding carboxylic acids is 1. The van der Waals surface area contributed by atoms with Gasteiger partial charge in [-0.25, -0.2) is 0 Å². The number of hydrogen-bond donors (Lipinski definition) is 2. The molecule has 0 saturated heterocycles. The molecule has 0 atom stereocenters. The third kappa shape index (κ3) is 1.22. The van der Waals surface area contributed by atoms with Crippen LogP contribution in [0.25, 0.3) is 5.76 Å². The van der Waals surface area contributed by atoms with Crippen LogP contribution in [0.15, 0.2) is 35.0 Å². The number of carbonyl (C=O) groups is 1. The molecular weight excluding hydrogens is 194 g/mol. The molecular formula is C11H9NO3. The molecule has 15 heavy (non-hydrogen) atoms. The first-order valence-corrected chi connectivity index (χ1v) is 4.43. The zero-order valence-corrected chi connectivity index (χ0v) is 8.06. The van der Waals surface area contributed by atoms with E-state index in [2.05, 4.69) is 5.16 Å². The van der Waals surface area contributed by atoms with Crippen LogP contribution in [0.3, 0.4) is 0 Å². The molecule has 0 saturated carbocycles. The maximum Gasteiger partial charge on any atom is 0.199 e. The van der Waals surface area contributed by atoms with E-state index in [1.807, 2.05) is 0 Å². The number of allylic oxidation sites excluding steroid dienone is 1. The lowest BCUT2D eigenvalue weighted by Crippen LogP contribution is -2.07. The van der Waals surface area contributed by atoms with Crippen molar-refractivity contribution in [3.8, 4) is 0 Å². The van der Waals surface area contributed by atoms with Crippen molar-refractivity contribution in [3.05, 3.63) is 41.0 Å². The number of fused-ring (bicyclic) bond motifs is 1. The molecule has 0 radical (unpaired) electrons. The van der Waals surface area contributed by atoms with Crippen molar-refractivity contribution in [1.82, 2.24) is 0 Å².